The summed E-state index contributed by atoms with van der Waals surface area (Å²) in [4.78, 5) is 2.52. The first-order chi connectivity index (χ1) is 9.04. The molecule has 0 saturated carbocycles. The van der Waals surface area contributed by atoms with E-state index in [1.807, 2.05) is 6.92 Å². The monoisotopic (exact) mass is 291 g/mol. The van der Waals surface area contributed by atoms with Crippen LogP contribution in [0.3, 0.4) is 0 Å². The van der Waals surface area contributed by atoms with Gasteiger partial charge >= 0.3 is 0 Å². The van der Waals surface area contributed by atoms with Crippen molar-refractivity contribution in [3.05, 3.63) is 0 Å². The molecule has 0 radical (unpaired) electrons. The fourth-order valence-electron chi connectivity index (χ4n) is 2.50. The van der Waals surface area contributed by atoms with E-state index in [4.69, 9.17) is 0 Å². The van der Waals surface area contributed by atoms with Crippen LogP contribution in [0, 0.1) is 0 Å². The topological polar surface area (TPSA) is 52.6 Å². The van der Waals surface area contributed by atoms with Crippen LogP contribution in [0.5, 0.6) is 0 Å². The molecule has 0 bridgehead atoms. The number of rotatable bonds is 10. The summed E-state index contributed by atoms with van der Waals surface area (Å²) in [6, 6.07) is 0. The highest BCUT2D eigenvalue weighted by Gasteiger charge is 2.13. The zero-order valence-corrected chi connectivity index (χ0v) is 13.2. The summed E-state index contributed by atoms with van der Waals surface area (Å²) in [5, 5.41) is 3.39. The minimum Gasteiger partial charge on any atom is -0.317 e. The maximum atomic E-state index is 11.4. The zero-order valence-electron chi connectivity index (χ0n) is 12.4. The molecular weight excluding hydrogens is 262 g/mol. The van der Waals surface area contributed by atoms with Crippen molar-refractivity contribution in [3.8, 4) is 0 Å². The molecule has 0 atom stereocenters. The van der Waals surface area contributed by atoms with Crippen molar-refractivity contribution in [1.29, 1.82) is 0 Å². The van der Waals surface area contributed by atoms with E-state index >= 15 is 0 Å². The average molecular weight is 291 g/mol. The normalized spacial score (nSPS) is 17.4. The van der Waals surface area contributed by atoms with E-state index in [2.05, 4.69) is 10.2 Å². The largest absolute Gasteiger partial charge is 0.317 e. The molecule has 1 heterocycles. The molecule has 0 aromatic carbocycles. The number of likely N-dealkylation sites (tertiary alicyclic amines) is 1. The molecule has 1 saturated heterocycles. The van der Waals surface area contributed by atoms with Crippen LogP contribution in [-0.4, -0.2) is 69.7 Å². The van der Waals surface area contributed by atoms with Gasteiger partial charge in [-0.2, -0.15) is 0 Å². The second-order valence-electron chi connectivity index (χ2n) is 5.26. The summed E-state index contributed by atoms with van der Waals surface area (Å²) in [5.41, 5.74) is 0. The molecule has 1 aliphatic heterocycles. The summed E-state index contributed by atoms with van der Waals surface area (Å²) < 4.78 is 24.3. The van der Waals surface area contributed by atoms with E-state index in [-0.39, 0.29) is 0 Å². The predicted octanol–water partition coefficient (Wildman–Crippen LogP) is 0.734. The highest BCUT2D eigenvalue weighted by Crippen LogP contribution is 2.06. The van der Waals surface area contributed by atoms with Gasteiger partial charge in [-0.3, -0.25) is 0 Å². The van der Waals surface area contributed by atoms with Crippen LogP contribution in [0.4, 0.5) is 0 Å². The third-order valence-electron chi connectivity index (χ3n) is 3.61. The molecule has 0 unspecified atom stereocenters. The van der Waals surface area contributed by atoms with Crippen molar-refractivity contribution in [2.24, 2.45) is 0 Å². The Kier molecular flexibility index (Phi) is 7.90. The number of nitrogens with zero attached hydrogens (tertiary/aromatic N) is 2. The Labute approximate surface area is 118 Å². The van der Waals surface area contributed by atoms with E-state index < -0.39 is 10.0 Å². The van der Waals surface area contributed by atoms with Crippen LogP contribution >= 0.6 is 0 Å². The minimum absolute atomic E-state index is 0.563. The van der Waals surface area contributed by atoms with Crippen molar-refractivity contribution in [2.45, 2.75) is 32.6 Å². The minimum atomic E-state index is -3.02. The molecule has 0 aliphatic carbocycles. The van der Waals surface area contributed by atoms with Gasteiger partial charge in [-0.05, 0) is 58.4 Å². The molecule has 0 amide bonds. The maximum Gasteiger partial charge on any atom is 0.211 e. The number of hydrogen-bond acceptors (Lipinski definition) is 4. The van der Waals surface area contributed by atoms with Crippen molar-refractivity contribution in [2.75, 3.05) is 52.1 Å². The van der Waals surface area contributed by atoms with Crippen LogP contribution < -0.4 is 5.32 Å². The molecule has 1 aliphatic rings. The van der Waals surface area contributed by atoms with Crippen LogP contribution in [-0.2, 0) is 10.0 Å². The van der Waals surface area contributed by atoms with Crippen molar-refractivity contribution in [3.63, 3.8) is 0 Å². The number of hydrogen-bond donors (Lipinski definition) is 1. The van der Waals surface area contributed by atoms with Gasteiger partial charge in [0.25, 0.3) is 0 Å². The van der Waals surface area contributed by atoms with Crippen molar-refractivity contribution >= 4 is 10.0 Å². The zero-order chi connectivity index (χ0) is 14.1. The maximum absolute atomic E-state index is 11.4. The molecule has 19 heavy (non-hydrogen) atoms. The fourth-order valence-corrected chi connectivity index (χ4v) is 3.43. The summed E-state index contributed by atoms with van der Waals surface area (Å²) in [6.45, 7) is 8.71. The highest BCUT2D eigenvalue weighted by atomic mass is 32.2. The molecule has 1 fully saturated rings. The van der Waals surface area contributed by atoms with Gasteiger partial charge in [0.2, 0.25) is 10.0 Å². The molecule has 5 nitrogen and oxygen atoms in total. The summed E-state index contributed by atoms with van der Waals surface area (Å²) in [6.07, 6.45) is 6.05. The first-order valence-electron chi connectivity index (χ1n) is 7.42. The van der Waals surface area contributed by atoms with E-state index in [0.29, 0.717) is 13.1 Å². The molecule has 1 N–H and O–H groups in total. The third-order valence-corrected chi connectivity index (χ3v) is 4.99. The average Bonchev–Trinajstić information content (AvgIpc) is 2.84. The SMILES string of the molecule is CCN(CCCNCCCN1CCCC1)S(C)(=O)=O. The van der Waals surface area contributed by atoms with Crippen LogP contribution in [0.1, 0.15) is 32.6 Å². The van der Waals surface area contributed by atoms with E-state index in [1.54, 1.807) is 0 Å². The Hall–Kier alpha value is -0.170. The second kappa shape index (κ2) is 8.89. The van der Waals surface area contributed by atoms with Crippen LogP contribution in [0.2, 0.25) is 0 Å². The number of sulfonamides is 1. The standard InChI is InChI=1S/C13H29N3O2S/c1-3-16(19(2,17)18)13-7-9-14-8-6-12-15-10-4-5-11-15/h14H,3-13H2,1-2H3. The Bertz CT molecular complexity index is 327. The molecular formula is C13H29N3O2S. The second-order valence-corrected chi connectivity index (χ2v) is 7.24. The summed E-state index contributed by atoms with van der Waals surface area (Å²) in [7, 11) is -3.02. The Morgan fingerprint density at radius 2 is 1.79 bits per heavy atom. The van der Waals surface area contributed by atoms with Gasteiger partial charge in [-0.25, -0.2) is 12.7 Å². The van der Waals surface area contributed by atoms with Crippen LogP contribution in [0.25, 0.3) is 0 Å². The first kappa shape index (κ1) is 16.9. The lowest BCUT2D eigenvalue weighted by Crippen LogP contribution is -2.32. The van der Waals surface area contributed by atoms with E-state index in [0.717, 1.165) is 19.5 Å². The Morgan fingerprint density at radius 1 is 1.16 bits per heavy atom. The molecule has 114 valence electrons. The quantitative estimate of drug-likeness (QED) is 0.603. The lowest BCUT2D eigenvalue weighted by atomic mass is 10.3. The number of nitrogens with one attached hydrogen (secondary N) is 1. The third kappa shape index (κ3) is 7.25. The lowest BCUT2D eigenvalue weighted by Gasteiger charge is -2.18. The van der Waals surface area contributed by atoms with Gasteiger partial charge in [-0.15, -0.1) is 0 Å². The predicted molar refractivity (Wildman–Crippen MR) is 79.9 cm³/mol. The van der Waals surface area contributed by atoms with Gasteiger partial charge in [-0.1, -0.05) is 6.92 Å². The molecule has 0 spiro atoms. The summed E-state index contributed by atoms with van der Waals surface area (Å²) in [5.74, 6) is 0. The molecule has 0 aromatic rings. The van der Waals surface area contributed by atoms with Crippen molar-refractivity contribution in [1.82, 2.24) is 14.5 Å². The first-order valence-corrected chi connectivity index (χ1v) is 9.27. The van der Waals surface area contributed by atoms with Gasteiger partial charge in [0.1, 0.15) is 0 Å². The van der Waals surface area contributed by atoms with Gasteiger partial charge in [0, 0.05) is 13.1 Å². The smallest absolute Gasteiger partial charge is 0.211 e. The van der Waals surface area contributed by atoms with Crippen molar-refractivity contribution < 1.29 is 8.42 Å². The Morgan fingerprint density at radius 3 is 2.37 bits per heavy atom. The van der Waals surface area contributed by atoms with Gasteiger partial charge in [0.05, 0.1) is 6.26 Å². The summed E-state index contributed by atoms with van der Waals surface area (Å²) >= 11 is 0. The lowest BCUT2D eigenvalue weighted by molar-refractivity contribution is 0.330. The highest BCUT2D eigenvalue weighted by molar-refractivity contribution is 7.88. The Balaban J connectivity index is 1.95. The van der Waals surface area contributed by atoms with E-state index in [9.17, 15) is 8.42 Å². The van der Waals surface area contributed by atoms with Gasteiger partial charge in [0.15, 0.2) is 0 Å². The van der Waals surface area contributed by atoms with Crippen LogP contribution in [0.15, 0.2) is 0 Å². The molecule has 0 aromatic heterocycles. The fraction of sp³-hybridized carbons (Fsp3) is 1.00. The van der Waals surface area contributed by atoms with Gasteiger partial charge < -0.3 is 10.2 Å². The molecule has 1 rings (SSSR count). The van der Waals surface area contributed by atoms with E-state index in [1.165, 1.54) is 49.5 Å². The molecule has 6 heteroatoms.